The summed E-state index contributed by atoms with van der Waals surface area (Å²) < 4.78 is 11.4. The lowest BCUT2D eigenvalue weighted by molar-refractivity contribution is 0.0676. The van der Waals surface area contributed by atoms with Gasteiger partial charge in [-0.2, -0.15) is 0 Å². The molecule has 4 rings (SSSR count). The zero-order chi connectivity index (χ0) is 14.2. The number of para-hydroxylation sites is 1. The summed E-state index contributed by atoms with van der Waals surface area (Å²) in [6, 6.07) is 16.6. The van der Waals surface area contributed by atoms with Crippen molar-refractivity contribution in [3.8, 4) is 5.75 Å². The molecule has 1 aliphatic rings. The Morgan fingerprint density at radius 1 is 1.14 bits per heavy atom. The van der Waals surface area contributed by atoms with Gasteiger partial charge in [-0.25, -0.2) is 0 Å². The molecule has 0 saturated carbocycles. The number of rotatable bonds is 2. The molecule has 1 unspecified atom stereocenters. The van der Waals surface area contributed by atoms with Gasteiger partial charge >= 0.3 is 0 Å². The van der Waals surface area contributed by atoms with Crippen LogP contribution < -0.4 is 4.74 Å². The highest BCUT2D eigenvalue weighted by Gasteiger charge is 2.26. The molecule has 0 saturated heterocycles. The van der Waals surface area contributed by atoms with E-state index in [0.29, 0.717) is 0 Å². The fraction of sp³-hybridized carbons (Fsp3) is 0.222. The van der Waals surface area contributed by atoms with Crippen LogP contribution in [0.15, 0.2) is 48.5 Å². The summed E-state index contributed by atoms with van der Waals surface area (Å²) >= 11 is 0. The van der Waals surface area contributed by atoms with Gasteiger partial charge in [0.05, 0.1) is 19.4 Å². The number of ether oxygens (including phenoxy) is 2. The van der Waals surface area contributed by atoms with Crippen LogP contribution in [0.1, 0.15) is 22.9 Å². The third-order valence-corrected chi connectivity index (χ3v) is 4.14. The van der Waals surface area contributed by atoms with Gasteiger partial charge in [-0.1, -0.05) is 30.3 Å². The van der Waals surface area contributed by atoms with Gasteiger partial charge in [-0.15, -0.1) is 0 Å². The molecule has 21 heavy (non-hydrogen) atoms. The largest absolute Gasteiger partial charge is 0.497 e. The molecule has 0 fully saturated rings. The number of H-pyrrole nitrogens is 1. The summed E-state index contributed by atoms with van der Waals surface area (Å²) in [6.45, 7) is 0.747. The van der Waals surface area contributed by atoms with Crippen molar-refractivity contribution in [1.82, 2.24) is 4.98 Å². The van der Waals surface area contributed by atoms with E-state index in [1.807, 2.05) is 18.2 Å². The maximum absolute atomic E-state index is 6.03. The highest BCUT2D eigenvalue weighted by molar-refractivity contribution is 5.85. The Morgan fingerprint density at radius 3 is 2.95 bits per heavy atom. The molecule has 3 aromatic rings. The normalized spacial score (nSPS) is 17.7. The third-order valence-electron chi connectivity index (χ3n) is 4.14. The van der Waals surface area contributed by atoms with Gasteiger partial charge in [0, 0.05) is 10.9 Å². The number of hydrogen-bond acceptors (Lipinski definition) is 2. The fourth-order valence-corrected chi connectivity index (χ4v) is 3.14. The van der Waals surface area contributed by atoms with E-state index in [1.54, 1.807) is 7.11 Å². The average molecular weight is 279 g/mol. The summed E-state index contributed by atoms with van der Waals surface area (Å²) in [7, 11) is 1.69. The minimum Gasteiger partial charge on any atom is -0.497 e. The predicted octanol–water partition coefficient (Wildman–Crippen LogP) is 3.84. The van der Waals surface area contributed by atoms with Crippen LogP contribution in [-0.4, -0.2) is 18.7 Å². The first kappa shape index (κ1) is 12.5. The number of benzene rings is 2. The van der Waals surface area contributed by atoms with E-state index in [2.05, 4.69) is 35.3 Å². The van der Waals surface area contributed by atoms with Gasteiger partial charge in [0.25, 0.3) is 0 Å². The molecule has 1 N–H and O–H groups in total. The van der Waals surface area contributed by atoms with Crippen LogP contribution in [-0.2, 0) is 11.2 Å². The summed E-state index contributed by atoms with van der Waals surface area (Å²) in [6.07, 6.45) is 0.913. The third kappa shape index (κ3) is 2.01. The Balaban J connectivity index is 1.86. The first-order valence-corrected chi connectivity index (χ1v) is 7.22. The topological polar surface area (TPSA) is 34.2 Å². The molecule has 1 atom stereocenters. The van der Waals surface area contributed by atoms with Crippen LogP contribution in [0.2, 0.25) is 0 Å². The lowest BCUT2D eigenvalue weighted by atomic mass is 9.97. The molecule has 0 aliphatic carbocycles. The molecule has 2 aromatic carbocycles. The van der Waals surface area contributed by atoms with E-state index in [-0.39, 0.29) is 6.10 Å². The van der Waals surface area contributed by atoms with Crippen LogP contribution in [0, 0.1) is 0 Å². The smallest absolute Gasteiger partial charge is 0.123 e. The van der Waals surface area contributed by atoms with Crippen molar-refractivity contribution in [1.29, 1.82) is 0 Å². The van der Waals surface area contributed by atoms with E-state index >= 15 is 0 Å². The quantitative estimate of drug-likeness (QED) is 0.773. The lowest BCUT2D eigenvalue weighted by Crippen LogP contribution is -2.16. The molecule has 1 aliphatic heterocycles. The van der Waals surface area contributed by atoms with Crippen LogP contribution >= 0.6 is 0 Å². The Hall–Kier alpha value is -2.26. The van der Waals surface area contributed by atoms with E-state index in [9.17, 15) is 0 Å². The van der Waals surface area contributed by atoms with Crippen molar-refractivity contribution >= 4 is 10.9 Å². The van der Waals surface area contributed by atoms with Gasteiger partial charge in [0.1, 0.15) is 11.9 Å². The second kappa shape index (κ2) is 4.93. The monoisotopic (exact) mass is 279 g/mol. The van der Waals surface area contributed by atoms with E-state index < -0.39 is 0 Å². The van der Waals surface area contributed by atoms with Gasteiger partial charge in [-0.05, 0) is 35.7 Å². The van der Waals surface area contributed by atoms with Crippen molar-refractivity contribution < 1.29 is 9.47 Å². The zero-order valence-electron chi connectivity index (χ0n) is 11.9. The van der Waals surface area contributed by atoms with E-state index in [4.69, 9.17) is 9.47 Å². The van der Waals surface area contributed by atoms with Gasteiger partial charge in [0.15, 0.2) is 0 Å². The molecule has 0 spiro atoms. The molecular weight excluding hydrogens is 262 g/mol. The maximum atomic E-state index is 6.03. The van der Waals surface area contributed by atoms with Gasteiger partial charge < -0.3 is 14.5 Å². The lowest BCUT2D eigenvalue weighted by Gasteiger charge is -2.24. The van der Waals surface area contributed by atoms with Crippen molar-refractivity contribution in [2.45, 2.75) is 12.5 Å². The molecular formula is C18H17NO2. The minimum atomic E-state index is -0.0451. The molecule has 2 heterocycles. The predicted molar refractivity (Wildman–Crippen MR) is 82.8 cm³/mol. The molecule has 0 radical (unpaired) electrons. The van der Waals surface area contributed by atoms with Crippen molar-refractivity contribution in [2.75, 3.05) is 13.7 Å². The number of methoxy groups -OCH3 is 1. The SMILES string of the molecule is COc1cccc(C2OCCc3c2[nH]c2ccccc32)c1. The number of aromatic nitrogens is 1. The van der Waals surface area contributed by atoms with Gasteiger partial charge in [0.2, 0.25) is 0 Å². The van der Waals surface area contributed by atoms with Gasteiger partial charge in [-0.3, -0.25) is 0 Å². The number of hydrogen-bond donors (Lipinski definition) is 1. The maximum Gasteiger partial charge on any atom is 0.123 e. The Morgan fingerprint density at radius 2 is 2.05 bits per heavy atom. The molecule has 0 bridgehead atoms. The van der Waals surface area contributed by atoms with E-state index in [1.165, 1.54) is 22.2 Å². The Labute approximate surface area is 123 Å². The first-order chi connectivity index (χ1) is 10.4. The second-order valence-corrected chi connectivity index (χ2v) is 5.34. The Kier molecular flexibility index (Phi) is 2.93. The molecule has 1 aromatic heterocycles. The van der Waals surface area contributed by atoms with Crippen molar-refractivity contribution in [3.05, 3.63) is 65.4 Å². The minimum absolute atomic E-state index is 0.0451. The van der Waals surface area contributed by atoms with Crippen LogP contribution in [0.5, 0.6) is 5.75 Å². The summed E-state index contributed by atoms with van der Waals surface area (Å²) in [4.78, 5) is 3.54. The standard InChI is InChI=1S/C18H17NO2/c1-20-13-6-4-5-12(11-13)18-17-15(9-10-21-18)14-7-2-3-8-16(14)19-17/h2-8,11,18-19H,9-10H2,1H3. The fourth-order valence-electron chi connectivity index (χ4n) is 3.14. The highest BCUT2D eigenvalue weighted by Crippen LogP contribution is 2.37. The number of nitrogens with one attached hydrogen (secondary N) is 1. The summed E-state index contributed by atoms with van der Waals surface area (Å²) in [5, 5.41) is 1.31. The number of aromatic amines is 1. The van der Waals surface area contributed by atoms with E-state index in [0.717, 1.165) is 24.3 Å². The average Bonchev–Trinajstić information content (AvgIpc) is 2.93. The highest BCUT2D eigenvalue weighted by atomic mass is 16.5. The first-order valence-electron chi connectivity index (χ1n) is 7.22. The van der Waals surface area contributed by atoms with Crippen molar-refractivity contribution in [3.63, 3.8) is 0 Å². The summed E-state index contributed by atoms with van der Waals surface area (Å²) in [5.41, 5.74) is 4.86. The number of fused-ring (bicyclic) bond motifs is 3. The molecule has 3 heteroatoms. The molecule has 3 nitrogen and oxygen atoms in total. The van der Waals surface area contributed by atoms with Crippen LogP contribution in [0.4, 0.5) is 0 Å². The molecule has 0 amide bonds. The zero-order valence-corrected chi connectivity index (χ0v) is 11.9. The molecule has 106 valence electrons. The van der Waals surface area contributed by atoms with Crippen LogP contribution in [0.3, 0.4) is 0 Å². The summed E-state index contributed by atoms with van der Waals surface area (Å²) in [5.74, 6) is 0.860. The Bertz CT molecular complexity index is 791. The van der Waals surface area contributed by atoms with Crippen molar-refractivity contribution in [2.24, 2.45) is 0 Å². The van der Waals surface area contributed by atoms with Crippen LogP contribution in [0.25, 0.3) is 10.9 Å². The second-order valence-electron chi connectivity index (χ2n) is 5.34.